The van der Waals surface area contributed by atoms with Crippen LogP contribution in [-0.4, -0.2) is 24.1 Å². The van der Waals surface area contributed by atoms with Gasteiger partial charge in [0.2, 0.25) is 0 Å². The third-order valence-corrected chi connectivity index (χ3v) is 20.5. The van der Waals surface area contributed by atoms with E-state index < -0.39 is 0 Å². The van der Waals surface area contributed by atoms with Crippen molar-refractivity contribution in [2.75, 3.05) is 0 Å². The van der Waals surface area contributed by atoms with Crippen LogP contribution in [0, 0.1) is 0 Å². The van der Waals surface area contributed by atoms with Gasteiger partial charge in [-0.1, -0.05) is 182 Å². The minimum absolute atomic E-state index is 0.608. The fourth-order valence-corrected chi connectivity index (χ4v) is 17.0. The van der Waals surface area contributed by atoms with E-state index in [0.29, 0.717) is 17.5 Å². The van der Waals surface area contributed by atoms with Gasteiger partial charge in [-0.3, -0.25) is 0 Å². The first-order valence-corrected chi connectivity index (χ1v) is 30.7. The number of thiophene rings is 3. The first-order chi connectivity index (χ1) is 41.1. The third kappa shape index (κ3) is 7.20. The zero-order valence-corrected chi connectivity index (χ0v) is 47.0. The van der Waals surface area contributed by atoms with Crippen molar-refractivity contribution in [3.8, 4) is 62.1 Å². The van der Waals surface area contributed by atoms with Crippen LogP contribution in [-0.2, 0) is 0 Å². The van der Waals surface area contributed by atoms with Gasteiger partial charge in [0.1, 0.15) is 0 Å². The van der Waals surface area contributed by atoms with E-state index in [1.807, 2.05) is 34.0 Å². The van der Waals surface area contributed by atoms with Crippen molar-refractivity contribution in [1.82, 2.24) is 24.1 Å². The van der Waals surface area contributed by atoms with Crippen molar-refractivity contribution in [2.45, 2.75) is 12.8 Å². The van der Waals surface area contributed by atoms with Gasteiger partial charge in [-0.2, -0.15) is 0 Å². The van der Waals surface area contributed by atoms with Crippen molar-refractivity contribution in [2.24, 2.45) is 0 Å². The number of fused-ring (bicyclic) bond motifs is 17. The fraction of sp³-hybridized carbons (Fsp3) is 0.0267. The second-order valence-corrected chi connectivity index (χ2v) is 24.9. The van der Waals surface area contributed by atoms with E-state index in [-0.39, 0.29) is 0 Å². The summed E-state index contributed by atoms with van der Waals surface area (Å²) in [6.07, 6.45) is 9.11. The number of rotatable bonds is 7. The van der Waals surface area contributed by atoms with E-state index in [1.165, 1.54) is 98.8 Å². The van der Waals surface area contributed by atoms with Crippen LogP contribution in [0.4, 0.5) is 0 Å². The molecule has 0 saturated carbocycles. The molecule has 1 aliphatic rings. The zero-order chi connectivity index (χ0) is 54.3. The molecular weight excluding hydrogens is 1070 g/mol. The fourth-order valence-electron chi connectivity index (χ4n) is 13.3. The molecule has 0 bridgehead atoms. The van der Waals surface area contributed by atoms with Crippen LogP contribution in [0.5, 0.6) is 0 Å². The summed E-state index contributed by atoms with van der Waals surface area (Å²) in [5, 5.41) is 12.6. The summed E-state index contributed by atoms with van der Waals surface area (Å²) in [4.78, 5) is 16.4. The Morgan fingerprint density at radius 3 is 1.29 bits per heavy atom. The summed E-state index contributed by atoms with van der Waals surface area (Å²) < 4.78 is 12.5. The van der Waals surface area contributed by atoms with Crippen LogP contribution < -0.4 is 0 Å². The molecular formula is C75H45N5S3. The normalized spacial score (nSPS) is 13.0. The number of aromatic nitrogens is 5. The highest BCUT2D eigenvalue weighted by atomic mass is 32.1. The Hall–Kier alpha value is -9.83. The maximum absolute atomic E-state index is 5.51. The van der Waals surface area contributed by atoms with E-state index in [1.54, 1.807) is 0 Å². The Morgan fingerprint density at radius 1 is 0.313 bits per heavy atom. The van der Waals surface area contributed by atoms with Gasteiger partial charge >= 0.3 is 0 Å². The minimum atomic E-state index is 0.608. The number of benzene rings is 11. The number of hydrogen-bond acceptors (Lipinski definition) is 6. The van der Waals surface area contributed by atoms with Gasteiger partial charge in [-0.15, -0.1) is 34.0 Å². The van der Waals surface area contributed by atoms with Crippen LogP contribution in [0.1, 0.15) is 12.8 Å². The van der Waals surface area contributed by atoms with Crippen LogP contribution in [0.2, 0.25) is 0 Å². The summed E-state index contributed by atoms with van der Waals surface area (Å²) in [7, 11) is 0. The van der Waals surface area contributed by atoms with Crippen LogP contribution >= 0.6 is 34.0 Å². The molecule has 1 aliphatic carbocycles. The average molecular weight is 1110 g/mol. The van der Waals surface area contributed by atoms with E-state index in [0.717, 1.165) is 68.5 Å². The highest BCUT2D eigenvalue weighted by Gasteiger charge is 2.26. The van der Waals surface area contributed by atoms with Crippen molar-refractivity contribution < 1.29 is 0 Å². The van der Waals surface area contributed by atoms with Crippen molar-refractivity contribution in [3.63, 3.8) is 0 Å². The molecule has 0 radical (unpaired) electrons. The lowest BCUT2D eigenvalue weighted by Crippen LogP contribution is -2.04. The maximum atomic E-state index is 5.51. The molecule has 18 rings (SSSR count). The first-order valence-electron chi connectivity index (χ1n) is 28.2. The lowest BCUT2D eigenvalue weighted by atomic mass is 9.92. The van der Waals surface area contributed by atoms with Gasteiger partial charge < -0.3 is 9.13 Å². The number of para-hydroxylation sites is 2. The topological polar surface area (TPSA) is 48.5 Å². The molecule has 0 atom stereocenters. The van der Waals surface area contributed by atoms with Gasteiger partial charge in [-0.25, -0.2) is 15.0 Å². The lowest BCUT2D eigenvalue weighted by molar-refractivity contribution is 1.02. The molecule has 0 aliphatic heterocycles. The second kappa shape index (κ2) is 18.3. The highest BCUT2D eigenvalue weighted by Crippen LogP contribution is 2.50. The quantitative estimate of drug-likeness (QED) is 0.160. The zero-order valence-electron chi connectivity index (χ0n) is 44.5. The van der Waals surface area contributed by atoms with Gasteiger partial charge in [0.15, 0.2) is 17.5 Å². The Kier molecular flexibility index (Phi) is 10.4. The highest BCUT2D eigenvalue weighted by molar-refractivity contribution is 7.28. The Bertz CT molecular complexity index is 5440. The van der Waals surface area contributed by atoms with E-state index in [4.69, 9.17) is 15.0 Å². The van der Waals surface area contributed by atoms with E-state index in [9.17, 15) is 0 Å². The molecule has 5 nitrogen and oxygen atoms in total. The molecule has 0 spiro atoms. The average Bonchev–Trinajstić information content (AvgIpc) is 3.19. The standard InChI is InChI=1S/C75H45N5S3/c1-4-18-44(19-5-1)58-40-48(75-77-73(46-32-34-52-50-24-12-16-30-64(50)81-66(52)42-46)76-74(78-75)47-33-35-53-51-25-13-17-31-65(51)82-67(53)43-47)41-59(45-20-6-2-7-21-45)70(58)80-61-29-15-11-27-57(61)69-63(80)39-37-55-54-36-38-62-68(71(54)83-72(55)69)56-26-10-14-28-60(56)79(62)49-22-8-3-9-23-49/h1-2,4-8,10-43H,3,9H2. The summed E-state index contributed by atoms with van der Waals surface area (Å²) in [5.74, 6) is 1.87. The molecule has 6 heterocycles. The van der Waals surface area contributed by atoms with Gasteiger partial charge in [0.05, 0.1) is 27.8 Å². The molecule has 8 heteroatoms. The molecule has 0 amide bonds. The summed E-state index contributed by atoms with van der Waals surface area (Å²) in [5.41, 5.74) is 14.3. The Balaban J connectivity index is 0.901. The Morgan fingerprint density at radius 2 is 0.759 bits per heavy atom. The molecule has 6 aromatic heterocycles. The number of nitrogens with zero attached hydrogens (tertiary/aromatic N) is 5. The SMILES string of the molecule is C1=CC(n2c3ccccc3c3c4sc5c(ccc6c5c5ccccc5n6-c5c(-c6ccccc6)cc(-c6nc(-c7ccc8c(c7)sc7ccccc78)nc(-c7ccc8c(c7)sc7ccccc78)n6)cc5-c5ccccc5)c4ccc32)=CCC1. The molecule has 11 aromatic carbocycles. The third-order valence-electron chi connectivity index (χ3n) is 17.0. The molecule has 0 saturated heterocycles. The predicted molar refractivity (Wildman–Crippen MR) is 356 cm³/mol. The lowest BCUT2D eigenvalue weighted by Gasteiger charge is -2.21. The van der Waals surface area contributed by atoms with Crippen LogP contribution in [0.3, 0.4) is 0 Å². The minimum Gasteiger partial charge on any atom is -0.310 e. The van der Waals surface area contributed by atoms with Gasteiger partial charge in [0, 0.05) is 116 Å². The smallest absolute Gasteiger partial charge is 0.164 e. The van der Waals surface area contributed by atoms with Crippen LogP contribution in [0.25, 0.3) is 172 Å². The summed E-state index contributed by atoms with van der Waals surface area (Å²) in [6.45, 7) is 0. The molecule has 0 unspecified atom stereocenters. The molecule has 17 aromatic rings. The molecule has 0 N–H and O–H groups in total. The molecule has 388 valence electrons. The molecule has 0 fully saturated rings. The molecule has 83 heavy (non-hydrogen) atoms. The second-order valence-electron chi connectivity index (χ2n) is 21.7. The monoisotopic (exact) mass is 1110 g/mol. The van der Waals surface area contributed by atoms with E-state index >= 15 is 0 Å². The number of allylic oxidation sites excluding steroid dienone is 4. The number of hydrogen-bond donors (Lipinski definition) is 0. The van der Waals surface area contributed by atoms with Crippen molar-refractivity contribution in [3.05, 3.63) is 249 Å². The largest absolute Gasteiger partial charge is 0.310 e. The first kappa shape index (κ1) is 46.9. The Labute approximate surface area is 488 Å². The predicted octanol–water partition coefficient (Wildman–Crippen LogP) is 21.7. The van der Waals surface area contributed by atoms with Gasteiger partial charge in [-0.05, 0) is 90.7 Å². The van der Waals surface area contributed by atoms with E-state index in [2.05, 4.69) is 258 Å². The van der Waals surface area contributed by atoms with Crippen molar-refractivity contribution in [1.29, 1.82) is 0 Å². The van der Waals surface area contributed by atoms with Crippen molar-refractivity contribution >= 4 is 144 Å². The van der Waals surface area contributed by atoms with Crippen LogP contribution in [0.15, 0.2) is 249 Å². The summed E-state index contributed by atoms with van der Waals surface area (Å²) in [6, 6.07) is 84.5. The maximum Gasteiger partial charge on any atom is 0.164 e. The summed E-state index contributed by atoms with van der Waals surface area (Å²) >= 11 is 5.55. The van der Waals surface area contributed by atoms with Gasteiger partial charge in [0.25, 0.3) is 0 Å².